The number of rotatable bonds is 4. The molecule has 2 N–H and O–H groups in total. The molecule has 1 aliphatic rings. The lowest BCUT2D eigenvalue weighted by molar-refractivity contribution is 0.102. The smallest absolute Gasteiger partial charge is 0.276 e. The van der Waals surface area contributed by atoms with Crippen LogP contribution in [0.15, 0.2) is 48.5 Å². The summed E-state index contributed by atoms with van der Waals surface area (Å²) >= 11 is 0. The van der Waals surface area contributed by atoms with Crippen LogP contribution >= 0.6 is 0 Å². The van der Waals surface area contributed by atoms with Gasteiger partial charge in [-0.25, -0.2) is 0 Å². The van der Waals surface area contributed by atoms with E-state index < -0.39 is 0 Å². The largest absolute Gasteiger partial charge is 0.486 e. The molecule has 0 atom stereocenters. The van der Waals surface area contributed by atoms with Crippen LogP contribution in [0.3, 0.4) is 0 Å². The van der Waals surface area contributed by atoms with E-state index in [1.807, 2.05) is 26.0 Å². The van der Waals surface area contributed by atoms with Crippen LogP contribution in [-0.2, 0) is 0 Å². The van der Waals surface area contributed by atoms with E-state index >= 15 is 0 Å². The molecule has 7 nitrogen and oxygen atoms in total. The Bertz CT molecular complexity index is 1020. The number of benzene rings is 2. The molecule has 0 radical (unpaired) electrons. The first-order valence-corrected chi connectivity index (χ1v) is 8.97. The van der Waals surface area contributed by atoms with Crippen LogP contribution in [0, 0.1) is 13.8 Å². The Morgan fingerprint density at radius 2 is 1.75 bits per heavy atom. The fourth-order valence-corrected chi connectivity index (χ4v) is 2.93. The average molecular weight is 376 g/mol. The molecule has 28 heavy (non-hydrogen) atoms. The molecule has 1 aromatic heterocycles. The molecule has 1 aliphatic heterocycles. The van der Waals surface area contributed by atoms with Gasteiger partial charge >= 0.3 is 0 Å². The fraction of sp³-hybridized carbons (Fsp3) is 0.190. The summed E-state index contributed by atoms with van der Waals surface area (Å²) in [6.45, 7) is 5.09. The van der Waals surface area contributed by atoms with Crippen molar-refractivity contribution in [2.24, 2.45) is 0 Å². The number of hydrogen-bond acceptors (Lipinski definition) is 6. The second-order valence-corrected chi connectivity index (χ2v) is 6.56. The van der Waals surface area contributed by atoms with Gasteiger partial charge in [0.2, 0.25) is 0 Å². The monoisotopic (exact) mass is 376 g/mol. The number of carbonyl (C=O) groups excluding carboxylic acids is 1. The molecule has 7 heteroatoms. The van der Waals surface area contributed by atoms with Gasteiger partial charge in [0.05, 0.1) is 0 Å². The quantitative estimate of drug-likeness (QED) is 0.719. The zero-order valence-corrected chi connectivity index (χ0v) is 15.7. The molecule has 0 bridgehead atoms. The Balaban J connectivity index is 1.44. The first-order chi connectivity index (χ1) is 13.6. The lowest BCUT2D eigenvalue weighted by Gasteiger charge is -2.18. The molecule has 2 aromatic carbocycles. The summed E-state index contributed by atoms with van der Waals surface area (Å²) in [5.41, 5.74) is 4.09. The van der Waals surface area contributed by atoms with Crippen LogP contribution in [0.4, 0.5) is 17.2 Å². The van der Waals surface area contributed by atoms with Gasteiger partial charge in [0.1, 0.15) is 13.2 Å². The molecule has 142 valence electrons. The minimum atomic E-state index is -0.345. The zero-order chi connectivity index (χ0) is 19.5. The van der Waals surface area contributed by atoms with Crippen molar-refractivity contribution in [3.63, 3.8) is 0 Å². The third kappa shape index (κ3) is 3.88. The van der Waals surface area contributed by atoms with Crippen molar-refractivity contribution in [1.82, 2.24) is 10.2 Å². The van der Waals surface area contributed by atoms with E-state index in [0.717, 1.165) is 11.3 Å². The first kappa shape index (κ1) is 17.8. The van der Waals surface area contributed by atoms with Gasteiger partial charge in [-0.05, 0) is 49.7 Å². The van der Waals surface area contributed by atoms with Crippen LogP contribution in [0.25, 0.3) is 0 Å². The summed E-state index contributed by atoms with van der Waals surface area (Å²) in [5.74, 6) is 1.51. The first-order valence-electron chi connectivity index (χ1n) is 8.97. The number of anilines is 3. The van der Waals surface area contributed by atoms with Crippen LogP contribution in [0.1, 0.15) is 21.6 Å². The van der Waals surface area contributed by atoms with Gasteiger partial charge in [0, 0.05) is 17.4 Å². The van der Waals surface area contributed by atoms with Gasteiger partial charge in [-0.3, -0.25) is 4.79 Å². The summed E-state index contributed by atoms with van der Waals surface area (Å²) in [5, 5.41) is 14.1. The van der Waals surface area contributed by atoms with Crippen LogP contribution in [0.2, 0.25) is 0 Å². The number of aryl methyl sites for hydroxylation is 2. The van der Waals surface area contributed by atoms with Crippen molar-refractivity contribution in [1.29, 1.82) is 0 Å². The van der Waals surface area contributed by atoms with Gasteiger partial charge in [0.25, 0.3) is 5.91 Å². The minimum absolute atomic E-state index is 0.223. The van der Waals surface area contributed by atoms with E-state index in [0.29, 0.717) is 36.2 Å². The second kappa shape index (κ2) is 7.56. The van der Waals surface area contributed by atoms with Crippen molar-refractivity contribution in [3.8, 4) is 11.5 Å². The van der Waals surface area contributed by atoms with E-state index in [-0.39, 0.29) is 11.6 Å². The number of amides is 1. The number of carbonyl (C=O) groups is 1. The number of ether oxygens (including phenoxy) is 2. The molecule has 0 aliphatic carbocycles. The molecular weight excluding hydrogens is 356 g/mol. The molecule has 0 unspecified atom stereocenters. The van der Waals surface area contributed by atoms with Crippen molar-refractivity contribution < 1.29 is 14.3 Å². The lowest BCUT2D eigenvalue weighted by atomic mass is 10.1. The highest BCUT2D eigenvalue weighted by Gasteiger charge is 2.14. The van der Waals surface area contributed by atoms with Crippen LogP contribution < -0.4 is 20.1 Å². The normalized spacial score (nSPS) is 12.4. The maximum absolute atomic E-state index is 12.4. The maximum atomic E-state index is 12.4. The molecule has 0 fully saturated rings. The van der Waals surface area contributed by atoms with E-state index in [9.17, 15) is 4.79 Å². The number of fused-ring (bicyclic) bond motifs is 1. The SMILES string of the molecule is Cc1ccc(Nc2ccc(C(=O)Nc3ccc4c(c3)OCCO4)nn2)c(C)c1. The topological polar surface area (TPSA) is 85.4 Å². The third-order valence-corrected chi connectivity index (χ3v) is 4.34. The lowest BCUT2D eigenvalue weighted by Crippen LogP contribution is -2.17. The van der Waals surface area contributed by atoms with E-state index in [1.165, 1.54) is 5.56 Å². The van der Waals surface area contributed by atoms with Gasteiger partial charge in [-0.15, -0.1) is 10.2 Å². The van der Waals surface area contributed by atoms with Crippen molar-refractivity contribution in [3.05, 3.63) is 65.4 Å². The van der Waals surface area contributed by atoms with E-state index in [2.05, 4.69) is 26.9 Å². The van der Waals surface area contributed by atoms with Crippen LogP contribution in [0.5, 0.6) is 11.5 Å². The zero-order valence-electron chi connectivity index (χ0n) is 15.7. The Kier molecular flexibility index (Phi) is 4.80. The summed E-state index contributed by atoms with van der Waals surface area (Å²) in [4.78, 5) is 12.4. The number of aromatic nitrogens is 2. The highest BCUT2D eigenvalue weighted by atomic mass is 16.6. The highest BCUT2D eigenvalue weighted by Crippen LogP contribution is 2.32. The van der Waals surface area contributed by atoms with Crippen molar-refractivity contribution >= 4 is 23.1 Å². The maximum Gasteiger partial charge on any atom is 0.276 e. The standard InChI is InChI=1S/C21H20N4O3/c1-13-3-5-16(14(2)11-13)23-20-8-6-17(24-25-20)21(26)22-15-4-7-18-19(12-15)28-10-9-27-18/h3-8,11-12H,9-10H2,1-2H3,(H,22,26)(H,23,25). The summed E-state index contributed by atoms with van der Waals surface area (Å²) in [6.07, 6.45) is 0. The van der Waals surface area contributed by atoms with Gasteiger partial charge in [0.15, 0.2) is 23.0 Å². The molecule has 0 saturated heterocycles. The molecule has 3 aromatic rings. The predicted octanol–water partition coefficient (Wildman–Crippen LogP) is 3.86. The number of hydrogen-bond donors (Lipinski definition) is 2. The third-order valence-electron chi connectivity index (χ3n) is 4.34. The molecular formula is C21H20N4O3. The Morgan fingerprint density at radius 1 is 0.929 bits per heavy atom. The van der Waals surface area contributed by atoms with E-state index in [4.69, 9.17) is 9.47 Å². The predicted molar refractivity (Wildman–Crippen MR) is 107 cm³/mol. The van der Waals surface area contributed by atoms with Crippen LogP contribution in [-0.4, -0.2) is 29.3 Å². The van der Waals surface area contributed by atoms with E-state index in [1.54, 1.807) is 30.3 Å². The molecule has 4 rings (SSSR count). The minimum Gasteiger partial charge on any atom is -0.486 e. The van der Waals surface area contributed by atoms with Gasteiger partial charge in [-0.2, -0.15) is 0 Å². The molecule has 2 heterocycles. The number of nitrogens with one attached hydrogen (secondary N) is 2. The summed E-state index contributed by atoms with van der Waals surface area (Å²) in [7, 11) is 0. The molecule has 0 spiro atoms. The Labute approximate surface area is 162 Å². The number of nitrogens with zero attached hydrogens (tertiary/aromatic N) is 2. The Hall–Kier alpha value is -3.61. The second-order valence-electron chi connectivity index (χ2n) is 6.56. The molecule has 0 saturated carbocycles. The summed E-state index contributed by atoms with van der Waals surface area (Å²) in [6, 6.07) is 14.7. The van der Waals surface area contributed by atoms with Gasteiger partial charge in [-0.1, -0.05) is 17.7 Å². The fourth-order valence-electron chi connectivity index (χ4n) is 2.93. The molecule has 1 amide bonds. The average Bonchev–Trinajstić information content (AvgIpc) is 2.70. The Morgan fingerprint density at radius 3 is 2.50 bits per heavy atom. The van der Waals surface area contributed by atoms with Crippen molar-refractivity contribution in [2.75, 3.05) is 23.8 Å². The highest BCUT2D eigenvalue weighted by molar-refractivity contribution is 6.03. The van der Waals surface area contributed by atoms with Crippen molar-refractivity contribution in [2.45, 2.75) is 13.8 Å². The summed E-state index contributed by atoms with van der Waals surface area (Å²) < 4.78 is 11.0. The van der Waals surface area contributed by atoms with Gasteiger partial charge < -0.3 is 20.1 Å².